The summed E-state index contributed by atoms with van der Waals surface area (Å²) in [7, 11) is 0. The fourth-order valence-corrected chi connectivity index (χ4v) is 5.32. The van der Waals surface area contributed by atoms with Gasteiger partial charge in [0, 0.05) is 11.5 Å². The van der Waals surface area contributed by atoms with Gasteiger partial charge in [0.1, 0.15) is 0 Å². The standard InChI is InChI=1S/C19H23N3O/c23-18-15(5-6-19(18)7-9-20-10-8-19)17-14-4-2-1-3-13(14)16-11-21-12-22(16)17/h1-4,11-12,15,17-18,20,23H,5-10H2/t15-,17+,18+/m0/s1. The largest absolute Gasteiger partial charge is 0.392 e. The first-order valence-corrected chi connectivity index (χ1v) is 8.80. The zero-order chi connectivity index (χ0) is 15.4. The lowest BCUT2D eigenvalue weighted by Gasteiger charge is -2.39. The fraction of sp³-hybridized carbons (Fsp3) is 0.526. The normalized spacial score (nSPS) is 31.3. The maximum Gasteiger partial charge on any atom is 0.0956 e. The molecule has 0 unspecified atom stereocenters. The molecule has 3 heterocycles. The first-order valence-electron chi connectivity index (χ1n) is 8.80. The van der Waals surface area contributed by atoms with E-state index in [2.05, 4.69) is 39.1 Å². The minimum absolute atomic E-state index is 0.133. The molecule has 4 nitrogen and oxygen atoms in total. The summed E-state index contributed by atoms with van der Waals surface area (Å²) in [5.41, 5.74) is 3.98. The van der Waals surface area contributed by atoms with Crippen molar-refractivity contribution in [2.24, 2.45) is 11.3 Å². The number of benzene rings is 1. The molecule has 1 aromatic heterocycles. The molecule has 1 saturated carbocycles. The summed E-state index contributed by atoms with van der Waals surface area (Å²) in [5, 5.41) is 14.7. The highest BCUT2D eigenvalue weighted by molar-refractivity contribution is 5.69. The summed E-state index contributed by atoms with van der Waals surface area (Å²) in [4.78, 5) is 4.36. The van der Waals surface area contributed by atoms with E-state index >= 15 is 0 Å². The zero-order valence-electron chi connectivity index (χ0n) is 13.3. The van der Waals surface area contributed by atoms with Gasteiger partial charge in [0.25, 0.3) is 0 Å². The summed E-state index contributed by atoms with van der Waals surface area (Å²) in [6.45, 7) is 2.09. The number of nitrogens with one attached hydrogen (secondary N) is 1. The van der Waals surface area contributed by atoms with Crippen molar-refractivity contribution in [2.75, 3.05) is 13.1 Å². The van der Waals surface area contributed by atoms with E-state index < -0.39 is 0 Å². The van der Waals surface area contributed by atoms with Gasteiger partial charge in [0.15, 0.2) is 0 Å². The van der Waals surface area contributed by atoms with Crippen LogP contribution < -0.4 is 5.32 Å². The lowest BCUT2D eigenvalue weighted by atomic mass is 9.74. The molecule has 1 aromatic carbocycles. The number of hydrogen-bond donors (Lipinski definition) is 2. The van der Waals surface area contributed by atoms with Crippen molar-refractivity contribution < 1.29 is 5.11 Å². The molecule has 1 aliphatic carbocycles. The summed E-state index contributed by atoms with van der Waals surface area (Å²) in [6, 6.07) is 8.87. The molecule has 0 bridgehead atoms. The van der Waals surface area contributed by atoms with Crippen molar-refractivity contribution in [2.45, 2.75) is 37.8 Å². The number of nitrogens with zero attached hydrogens (tertiary/aromatic N) is 2. The molecular formula is C19H23N3O. The molecule has 3 aliphatic rings. The van der Waals surface area contributed by atoms with Crippen LogP contribution in [0, 0.1) is 11.3 Å². The Kier molecular flexibility index (Phi) is 2.94. The predicted octanol–water partition coefficient (Wildman–Crippen LogP) is 2.59. The Morgan fingerprint density at radius 1 is 1.17 bits per heavy atom. The molecule has 120 valence electrons. The SMILES string of the molecule is O[C@@H]1[C@H]([C@H]2c3ccccc3-c3cncn32)CCC12CCNCC2. The van der Waals surface area contributed by atoms with Crippen LogP contribution in [0.15, 0.2) is 36.8 Å². The number of aliphatic hydroxyl groups excluding tert-OH is 1. The van der Waals surface area contributed by atoms with Gasteiger partial charge in [-0.1, -0.05) is 24.3 Å². The molecule has 0 radical (unpaired) electrons. The van der Waals surface area contributed by atoms with Crippen LogP contribution >= 0.6 is 0 Å². The summed E-state index contributed by atoms with van der Waals surface area (Å²) in [6.07, 6.45) is 8.17. The molecular weight excluding hydrogens is 286 g/mol. The van der Waals surface area contributed by atoms with E-state index in [-0.39, 0.29) is 17.6 Å². The number of rotatable bonds is 1. The first kappa shape index (κ1) is 13.8. The number of hydrogen-bond acceptors (Lipinski definition) is 3. The third kappa shape index (κ3) is 1.82. The van der Waals surface area contributed by atoms with Crippen LogP contribution in [0.1, 0.15) is 37.3 Å². The fourth-order valence-electron chi connectivity index (χ4n) is 5.32. The maximum absolute atomic E-state index is 11.3. The van der Waals surface area contributed by atoms with Crippen molar-refractivity contribution in [3.63, 3.8) is 0 Å². The average Bonchev–Trinajstić information content (AvgIpc) is 3.25. The van der Waals surface area contributed by atoms with E-state index in [1.54, 1.807) is 0 Å². The molecule has 2 aromatic rings. The molecule has 5 rings (SSSR count). The van der Waals surface area contributed by atoms with Crippen molar-refractivity contribution in [1.82, 2.24) is 14.9 Å². The number of piperidine rings is 1. The molecule has 2 aliphatic heterocycles. The van der Waals surface area contributed by atoms with Crippen LogP contribution in [0.3, 0.4) is 0 Å². The van der Waals surface area contributed by atoms with Crippen LogP contribution in [0.5, 0.6) is 0 Å². The Morgan fingerprint density at radius 3 is 2.87 bits per heavy atom. The third-order valence-corrected chi connectivity index (χ3v) is 6.53. The van der Waals surface area contributed by atoms with Crippen LogP contribution in [0.2, 0.25) is 0 Å². The molecule has 1 saturated heterocycles. The van der Waals surface area contributed by atoms with Crippen LogP contribution in [0.25, 0.3) is 11.3 Å². The van der Waals surface area contributed by atoms with Gasteiger partial charge < -0.3 is 15.0 Å². The van der Waals surface area contributed by atoms with Gasteiger partial charge in [-0.15, -0.1) is 0 Å². The number of fused-ring (bicyclic) bond motifs is 3. The molecule has 3 atom stereocenters. The first-order chi connectivity index (χ1) is 11.3. The van der Waals surface area contributed by atoms with Gasteiger partial charge in [0.05, 0.1) is 30.4 Å². The third-order valence-electron chi connectivity index (χ3n) is 6.53. The van der Waals surface area contributed by atoms with E-state index in [9.17, 15) is 5.11 Å². The second kappa shape index (κ2) is 4.92. The smallest absolute Gasteiger partial charge is 0.0956 e. The van der Waals surface area contributed by atoms with Crippen LogP contribution in [-0.2, 0) is 0 Å². The monoisotopic (exact) mass is 309 g/mol. The number of aromatic nitrogens is 2. The van der Waals surface area contributed by atoms with Gasteiger partial charge in [-0.05, 0) is 49.8 Å². The van der Waals surface area contributed by atoms with Gasteiger partial charge in [-0.2, -0.15) is 0 Å². The van der Waals surface area contributed by atoms with Gasteiger partial charge >= 0.3 is 0 Å². The molecule has 23 heavy (non-hydrogen) atoms. The summed E-state index contributed by atoms with van der Waals surface area (Å²) in [5.74, 6) is 0.296. The quantitative estimate of drug-likeness (QED) is 0.851. The highest BCUT2D eigenvalue weighted by atomic mass is 16.3. The number of aliphatic hydroxyl groups is 1. The predicted molar refractivity (Wildman–Crippen MR) is 89.1 cm³/mol. The van der Waals surface area contributed by atoms with Crippen LogP contribution in [0.4, 0.5) is 0 Å². The summed E-state index contributed by atoms with van der Waals surface area (Å²) >= 11 is 0. The highest BCUT2D eigenvalue weighted by Crippen LogP contribution is 2.55. The lowest BCUT2D eigenvalue weighted by Crippen LogP contribution is -2.44. The van der Waals surface area contributed by atoms with E-state index in [0.717, 1.165) is 38.8 Å². The number of imidazole rings is 1. The second-order valence-electron chi connectivity index (χ2n) is 7.48. The van der Waals surface area contributed by atoms with Crippen molar-refractivity contribution in [3.8, 4) is 11.3 Å². The van der Waals surface area contributed by atoms with Crippen LogP contribution in [-0.4, -0.2) is 33.9 Å². The minimum Gasteiger partial charge on any atom is -0.392 e. The van der Waals surface area contributed by atoms with Gasteiger partial charge in [0.2, 0.25) is 0 Å². The van der Waals surface area contributed by atoms with E-state index in [4.69, 9.17) is 0 Å². The molecule has 4 heteroatoms. The van der Waals surface area contributed by atoms with Crippen molar-refractivity contribution >= 4 is 0 Å². The molecule has 0 amide bonds. The van der Waals surface area contributed by atoms with Crippen molar-refractivity contribution in [3.05, 3.63) is 42.4 Å². The van der Waals surface area contributed by atoms with E-state index in [0.29, 0.717) is 5.92 Å². The average molecular weight is 309 g/mol. The molecule has 1 spiro atoms. The van der Waals surface area contributed by atoms with Gasteiger partial charge in [-0.3, -0.25) is 0 Å². The highest BCUT2D eigenvalue weighted by Gasteiger charge is 2.52. The van der Waals surface area contributed by atoms with E-state index in [1.807, 2.05) is 12.5 Å². The van der Waals surface area contributed by atoms with Crippen molar-refractivity contribution in [1.29, 1.82) is 0 Å². The molecule has 2 fully saturated rings. The topological polar surface area (TPSA) is 50.1 Å². The minimum atomic E-state index is -0.212. The Bertz CT molecular complexity index is 732. The lowest BCUT2D eigenvalue weighted by molar-refractivity contribution is -0.00458. The zero-order valence-corrected chi connectivity index (χ0v) is 13.3. The Hall–Kier alpha value is -1.65. The Balaban J connectivity index is 1.56. The Morgan fingerprint density at radius 2 is 2.00 bits per heavy atom. The second-order valence-corrected chi connectivity index (χ2v) is 7.48. The molecule has 2 N–H and O–H groups in total. The Labute approximate surface area is 136 Å². The maximum atomic E-state index is 11.3. The summed E-state index contributed by atoms with van der Waals surface area (Å²) < 4.78 is 2.29. The van der Waals surface area contributed by atoms with Gasteiger partial charge in [-0.25, -0.2) is 4.98 Å². The van der Waals surface area contributed by atoms with E-state index in [1.165, 1.54) is 16.8 Å².